The zero-order chi connectivity index (χ0) is 12.5. The highest BCUT2D eigenvalue weighted by Crippen LogP contribution is 2.18. The first-order valence-electron chi connectivity index (χ1n) is 5.94. The summed E-state index contributed by atoms with van der Waals surface area (Å²) in [5.74, 6) is 0. The van der Waals surface area contributed by atoms with Crippen molar-refractivity contribution in [3.8, 4) is 11.1 Å². The van der Waals surface area contributed by atoms with Crippen molar-refractivity contribution in [2.75, 3.05) is 0 Å². The number of aromatic nitrogens is 1. The maximum Gasteiger partial charge on any atom is 0.197 e. The molecule has 0 unspecified atom stereocenters. The van der Waals surface area contributed by atoms with Crippen LogP contribution in [0.1, 0.15) is 5.56 Å². The Hall–Kier alpha value is -2.35. The third-order valence-electron chi connectivity index (χ3n) is 3.21. The molecule has 0 aliphatic heterocycles. The molecule has 0 fully saturated rings. The molecule has 1 heterocycles. The number of aryl methyl sites for hydroxylation is 1. The molecule has 2 nitrogen and oxygen atoms in total. The van der Waals surface area contributed by atoms with Gasteiger partial charge in [-0.3, -0.25) is 4.79 Å². The van der Waals surface area contributed by atoms with Gasteiger partial charge >= 0.3 is 0 Å². The topological polar surface area (TPSA) is 32.9 Å². The second kappa shape index (κ2) is 4.15. The number of benzene rings is 2. The first kappa shape index (κ1) is 10.8. The molecule has 88 valence electrons. The predicted octanol–water partition coefficient (Wildman–Crippen LogP) is 3.50. The molecule has 0 aliphatic rings. The third kappa shape index (κ3) is 1.63. The molecular formula is C16H13NO. The van der Waals surface area contributed by atoms with E-state index in [2.05, 4.69) is 4.98 Å². The second-order valence-electron chi connectivity index (χ2n) is 4.39. The number of aromatic amines is 1. The van der Waals surface area contributed by atoms with Crippen LogP contribution in [0.2, 0.25) is 0 Å². The summed E-state index contributed by atoms with van der Waals surface area (Å²) in [6.45, 7) is 2.00. The Labute approximate surface area is 105 Å². The van der Waals surface area contributed by atoms with Crippen LogP contribution in [0, 0.1) is 6.92 Å². The monoisotopic (exact) mass is 235 g/mol. The summed E-state index contributed by atoms with van der Waals surface area (Å²) < 4.78 is 0. The molecule has 2 aromatic carbocycles. The first-order valence-corrected chi connectivity index (χ1v) is 5.94. The zero-order valence-electron chi connectivity index (χ0n) is 10.1. The van der Waals surface area contributed by atoms with Crippen LogP contribution in [0.5, 0.6) is 0 Å². The summed E-state index contributed by atoms with van der Waals surface area (Å²) in [5, 5.41) is 0.747. The normalized spacial score (nSPS) is 10.7. The van der Waals surface area contributed by atoms with E-state index in [-0.39, 0.29) is 5.43 Å². The lowest BCUT2D eigenvalue weighted by molar-refractivity contribution is 1.35. The van der Waals surface area contributed by atoms with Gasteiger partial charge < -0.3 is 4.98 Å². The number of nitrogens with one attached hydrogen (secondary N) is 1. The standard InChI is InChI=1S/C16H13NO/c1-11-6-5-9-13-15(11)17-10-14(16(13)18)12-7-3-2-4-8-12/h2-10H,1H3,(H,17,18). The van der Waals surface area contributed by atoms with Crippen molar-refractivity contribution in [2.45, 2.75) is 6.92 Å². The van der Waals surface area contributed by atoms with E-state index in [1.807, 2.05) is 55.5 Å². The number of fused-ring (bicyclic) bond motifs is 1. The Morgan fingerprint density at radius 3 is 2.50 bits per heavy atom. The average molecular weight is 235 g/mol. The molecule has 0 bridgehead atoms. The van der Waals surface area contributed by atoms with E-state index in [0.29, 0.717) is 5.56 Å². The summed E-state index contributed by atoms with van der Waals surface area (Å²) in [5.41, 5.74) is 3.75. The molecule has 2 heteroatoms. The summed E-state index contributed by atoms with van der Waals surface area (Å²) in [6, 6.07) is 15.5. The van der Waals surface area contributed by atoms with Gasteiger partial charge in [0.2, 0.25) is 0 Å². The molecule has 1 aromatic heterocycles. The molecule has 18 heavy (non-hydrogen) atoms. The summed E-state index contributed by atoms with van der Waals surface area (Å²) in [6.07, 6.45) is 1.80. The van der Waals surface area contributed by atoms with Gasteiger partial charge in [-0.15, -0.1) is 0 Å². The lowest BCUT2D eigenvalue weighted by Crippen LogP contribution is -2.06. The Bertz CT molecular complexity index is 757. The smallest absolute Gasteiger partial charge is 0.197 e. The molecule has 0 spiro atoms. The molecule has 0 radical (unpaired) electrons. The molecule has 0 saturated carbocycles. The maximum atomic E-state index is 12.5. The molecule has 0 saturated heterocycles. The lowest BCUT2D eigenvalue weighted by atomic mass is 10.0. The van der Waals surface area contributed by atoms with Gasteiger partial charge in [0, 0.05) is 17.1 Å². The number of rotatable bonds is 1. The van der Waals surface area contributed by atoms with E-state index in [1.165, 1.54) is 0 Å². The number of hydrogen-bond donors (Lipinski definition) is 1. The highest BCUT2D eigenvalue weighted by Gasteiger charge is 2.07. The fraction of sp³-hybridized carbons (Fsp3) is 0.0625. The first-order chi connectivity index (χ1) is 8.77. The number of H-pyrrole nitrogens is 1. The Balaban J connectivity index is 2.35. The minimum Gasteiger partial charge on any atom is -0.360 e. The number of para-hydroxylation sites is 1. The van der Waals surface area contributed by atoms with Crippen LogP contribution < -0.4 is 5.43 Å². The van der Waals surface area contributed by atoms with E-state index in [4.69, 9.17) is 0 Å². The molecule has 1 N–H and O–H groups in total. The fourth-order valence-corrected chi connectivity index (χ4v) is 2.24. The summed E-state index contributed by atoms with van der Waals surface area (Å²) in [7, 11) is 0. The van der Waals surface area contributed by atoms with Crippen molar-refractivity contribution in [1.29, 1.82) is 0 Å². The van der Waals surface area contributed by atoms with Gasteiger partial charge in [-0.2, -0.15) is 0 Å². The number of pyridine rings is 1. The van der Waals surface area contributed by atoms with Crippen molar-refractivity contribution < 1.29 is 0 Å². The van der Waals surface area contributed by atoms with E-state index in [1.54, 1.807) is 6.20 Å². The highest BCUT2D eigenvalue weighted by atomic mass is 16.1. The zero-order valence-corrected chi connectivity index (χ0v) is 10.1. The van der Waals surface area contributed by atoms with Crippen molar-refractivity contribution in [3.05, 3.63) is 70.5 Å². The minimum atomic E-state index is 0.0821. The van der Waals surface area contributed by atoms with Crippen LogP contribution >= 0.6 is 0 Å². The largest absolute Gasteiger partial charge is 0.360 e. The Morgan fingerprint density at radius 2 is 1.72 bits per heavy atom. The predicted molar refractivity (Wildman–Crippen MR) is 74.7 cm³/mol. The molecule has 0 aliphatic carbocycles. The van der Waals surface area contributed by atoms with E-state index in [9.17, 15) is 4.79 Å². The van der Waals surface area contributed by atoms with Gasteiger partial charge in [0.25, 0.3) is 0 Å². The lowest BCUT2D eigenvalue weighted by Gasteiger charge is -2.05. The van der Waals surface area contributed by atoms with Gasteiger partial charge in [-0.25, -0.2) is 0 Å². The SMILES string of the molecule is Cc1cccc2c(=O)c(-c3ccccc3)c[nH]c12. The second-order valence-corrected chi connectivity index (χ2v) is 4.39. The molecule has 0 atom stereocenters. The van der Waals surface area contributed by atoms with Gasteiger partial charge in [0.1, 0.15) is 0 Å². The van der Waals surface area contributed by atoms with Gasteiger partial charge in [-0.05, 0) is 24.1 Å². The molecular weight excluding hydrogens is 222 g/mol. The fourth-order valence-electron chi connectivity index (χ4n) is 2.24. The van der Waals surface area contributed by atoms with Crippen LogP contribution in [0.15, 0.2) is 59.5 Å². The van der Waals surface area contributed by atoms with Crippen LogP contribution in [0.4, 0.5) is 0 Å². The van der Waals surface area contributed by atoms with Crippen LogP contribution in [-0.4, -0.2) is 4.98 Å². The summed E-state index contributed by atoms with van der Waals surface area (Å²) >= 11 is 0. The molecule has 3 aromatic rings. The van der Waals surface area contributed by atoms with Crippen molar-refractivity contribution in [2.24, 2.45) is 0 Å². The minimum absolute atomic E-state index is 0.0821. The van der Waals surface area contributed by atoms with E-state index >= 15 is 0 Å². The van der Waals surface area contributed by atoms with E-state index < -0.39 is 0 Å². The maximum absolute atomic E-state index is 12.5. The van der Waals surface area contributed by atoms with Crippen molar-refractivity contribution in [3.63, 3.8) is 0 Å². The Morgan fingerprint density at radius 1 is 0.944 bits per heavy atom. The van der Waals surface area contributed by atoms with E-state index in [0.717, 1.165) is 22.0 Å². The van der Waals surface area contributed by atoms with Crippen LogP contribution in [0.3, 0.4) is 0 Å². The van der Waals surface area contributed by atoms with Crippen LogP contribution in [0.25, 0.3) is 22.0 Å². The highest BCUT2D eigenvalue weighted by molar-refractivity contribution is 5.85. The third-order valence-corrected chi connectivity index (χ3v) is 3.21. The average Bonchev–Trinajstić information content (AvgIpc) is 2.41. The van der Waals surface area contributed by atoms with Gasteiger partial charge in [0.15, 0.2) is 5.43 Å². The van der Waals surface area contributed by atoms with Crippen LogP contribution in [-0.2, 0) is 0 Å². The van der Waals surface area contributed by atoms with Crippen molar-refractivity contribution in [1.82, 2.24) is 4.98 Å². The van der Waals surface area contributed by atoms with Gasteiger partial charge in [-0.1, -0.05) is 42.5 Å². The summed E-state index contributed by atoms with van der Waals surface area (Å²) in [4.78, 5) is 15.7. The number of hydrogen-bond acceptors (Lipinski definition) is 1. The quantitative estimate of drug-likeness (QED) is 0.688. The van der Waals surface area contributed by atoms with Crippen molar-refractivity contribution >= 4 is 10.9 Å². The molecule has 3 rings (SSSR count). The van der Waals surface area contributed by atoms with Gasteiger partial charge in [0.05, 0.1) is 5.52 Å². The molecule has 0 amide bonds. The Kier molecular flexibility index (Phi) is 2.49.